The average Bonchev–Trinajstić information content (AvgIpc) is 3.22. The van der Waals surface area contributed by atoms with E-state index in [0.29, 0.717) is 30.5 Å². The summed E-state index contributed by atoms with van der Waals surface area (Å²) in [6.07, 6.45) is 0.0156. The van der Waals surface area contributed by atoms with E-state index in [1.807, 2.05) is 28.8 Å². The fourth-order valence-corrected chi connectivity index (χ4v) is 3.55. The number of methoxy groups -OCH3 is 2. The predicted molar refractivity (Wildman–Crippen MR) is 109 cm³/mol. The number of nitrogens with zero attached hydrogens (tertiary/aromatic N) is 3. The van der Waals surface area contributed by atoms with Crippen LogP contribution >= 0.6 is 0 Å². The van der Waals surface area contributed by atoms with Crippen molar-refractivity contribution in [2.45, 2.75) is 12.5 Å². The Balaban J connectivity index is 1.59. The van der Waals surface area contributed by atoms with Crippen LogP contribution in [-0.4, -0.2) is 48.7 Å². The fraction of sp³-hybridized carbons (Fsp3) is 0.286. The van der Waals surface area contributed by atoms with E-state index in [2.05, 4.69) is 10.3 Å². The average molecular weight is 394 g/mol. The van der Waals surface area contributed by atoms with Crippen molar-refractivity contribution in [1.82, 2.24) is 9.55 Å². The summed E-state index contributed by atoms with van der Waals surface area (Å²) in [6.45, 7) is 0.773. The van der Waals surface area contributed by atoms with Gasteiger partial charge in [0.05, 0.1) is 37.7 Å². The summed E-state index contributed by atoms with van der Waals surface area (Å²) in [6, 6.07) is 14.0. The Morgan fingerprint density at radius 1 is 1.14 bits per heavy atom. The molecule has 0 aliphatic carbocycles. The number of ether oxygens (including phenoxy) is 2. The molecule has 0 unspecified atom stereocenters. The largest absolute Gasteiger partial charge is 0.497 e. The number of hydrogen-bond acceptors (Lipinski definition) is 5. The summed E-state index contributed by atoms with van der Waals surface area (Å²) in [5, 5.41) is 2.85. The Hall–Kier alpha value is -3.39. The molecule has 1 aromatic heterocycles. The monoisotopic (exact) mass is 394 g/mol. The zero-order valence-corrected chi connectivity index (χ0v) is 16.3. The molecule has 2 aromatic carbocycles. The molecule has 3 aromatic rings. The molecule has 2 amide bonds. The number of carbonyl (C=O) groups is 2. The third-order valence-electron chi connectivity index (χ3n) is 4.95. The minimum absolute atomic E-state index is 0.0156. The molecule has 0 bridgehead atoms. The third kappa shape index (κ3) is 3.54. The van der Waals surface area contributed by atoms with Crippen LogP contribution in [0, 0.1) is 0 Å². The zero-order chi connectivity index (χ0) is 20.4. The molecule has 0 saturated carbocycles. The number of fused-ring (bicyclic) bond motifs is 3. The highest BCUT2D eigenvalue weighted by molar-refractivity contribution is 6.05. The molecule has 8 heteroatoms. The fourth-order valence-electron chi connectivity index (χ4n) is 3.55. The molecule has 2 heterocycles. The maximum atomic E-state index is 13.1. The van der Waals surface area contributed by atoms with Crippen molar-refractivity contribution in [3.05, 3.63) is 48.5 Å². The van der Waals surface area contributed by atoms with Crippen LogP contribution in [0.1, 0.15) is 12.5 Å². The Morgan fingerprint density at radius 2 is 1.90 bits per heavy atom. The van der Waals surface area contributed by atoms with Gasteiger partial charge < -0.3 is 14.8 Å². The molecule has 8 nitrogen and oxygen atoms in total. The van der Waals surface area contributed by atoms with Crippen LogP contribution in [0.15, 0.2) is 48.5 Å². The Kier molecular flexibility index (Phi) is 5.18. The number of aromatic nitrogens is 2. The number of imidazole rings is 1. The van der Waals surface area contributed by atoms with Gasteiger partial charge in [0.25, 0.3) is 5.91 Å². The number of para-hydroxylation sites is 2. The first kappa shape index (κ1) is 18.9. The van der Waals surface area contributed by atoms with Crippen molar-refractivity contribution in [2.24, 2.45) is 0 Å². The minimum atomic E-state index is -0.646. The second-order valence-corrected chi connectivity index (χ2v) is 6.75. The Labute approximate surface area is 168 Å². The highest BCUT2D eigenvalue weighted by Crippen LogP contribution is 2.36. The first-order valence-electron chi connectivity index (χ1n) is 9.33. The molecule has 0 saturated heterocycles. The maximum Gasteiger partial charge on any atom is 0.253 e. The van der Waals surface area contributed by atoms with E-state index in [9.17, 15) is 9.59 Å². The lowest BCUT2D eigenvalue weighted by molar-refractivity contribution is -0.124. The van der Waals surface area contributed by atoms with Gasteiger partial charge in [-0.3, -0.25) is 19.1 Å². The van der Waals surface area contributed by atoms with E-state index < -0.39 is 6.04 Å². The van der Waals surface area contributed by atoms with E-state index >= 15 is 0 Å². The standard InChI is InChI=1S/C21H22N4O4/c1-28-12-11-24-20(27)18(25-17-6-4-3-5-16(17)23-21(24)25)13-19(26)22-14-7-9-15(29-2)10-8-14/h3-10,18H,11-13H2,1-2H3,(H,22,26)/t18-/m0/s1. The summed E-state index contributed by atoms with van der Waals surface area (Å²) in [5.74, 6) is 0.860. The number of benzene rings is 2. The molecule has 1 aliphatic rings. The van der Waals surface area contributed by atoms with Crippen molar-refractivity contribution in [3.63, 3.8) is 0 Å². The van der Waals surface area contributed by atoms with Gasteiger partial charge in [-0.15, -0.1) is 0 Å². The van der Waals surface area contributed by atoms with Gasteiger partial charge in [-0.05, 0) is 36.4 Å². The summed E-state index contributed by atoms with van der Waals surface area (Å²) >= 11 is 0. The molecule has 1 aliphatic heterocycles. The summed E-state index contributed by atoms with van der Waals surface area (Å²) < 4.78 is 12.1. The van der Waals surface area contributed by atoms with Crippen LogP contribution in [0.2, 0.25) is 0 Å². The molecule has 4 rings (SSSR count). The van der Waals surface area contributed by atoms with Crippen molar-refractivity contribution in [2.75, 3.05) is 37.6 Å². The second-order valence-electron chi connectivity index (χ2n) is 6.75. The molecule has 1 atom stereocenters. The number of carbonyl (C=O) groups excluding carboxylic acids is 2. The summed E-state index contributed by atoms with van der Waals surface area (Å²) in [5.41, 5.74) is 2.27. The van der Waals surface area contributed by atoms with Crippen LogP contribution in [0.3, 0.4) is 0 Å². The predicted octanol–water partition coefficient (Wildman–Crippen LogP) is 2.61. The molecule has 1 N–H and O–H groups in total. The van der Waals surface area contributed by atoms with Crippen molar-refractivity contribution in [3.8, 4) is 5.75 Å². The zero-order valence-electron chi connectivity index (χ0n) is 16.3. The van der Waals surface area contributed by atoms with Gasteiger partial charge in [-0.25, -0.2) is 4.98 Å². The molecule has 29 heavy (non-hydrogen) atoms. The lowest BCUT2D eigenvalue weighted by Crippen LogP contribution is -2.33. The Bertz CT molecular complexity index is 1040. The third-order valence-corrected chi connectivity index (χ3v) is 4.95. The van der Waals surface area contributed by atoms with Gasteiger partial charge in [0.15, 0.2) is 0 Å². The van der Waals surface area contributed by atoms with E-state index in [-0.39, 0.29) is 18.2 Å². The minimum Gasteiger partial charge on any atom is -0.497 e. The van der Waals surface area contributed by atoms with Crippen LogP contribution in [0.4, 0.5) is 11.6 Å². The smallest absolute Gasteiger partial charge is 0.253 e. The number of amides is 2. The van der Waals surface area contributed by atoms with Crippen molar-refractivity contribution < 1.29 is 19.1 Å². The first-order valence-corrected chi connectivity index (χ1v) is 9.33. The van der Waals surface area contributed by atoms with Gasteiger partial charge in [0.2, 0.25) is 11.9 Å². The topological polar surface area (TPSA) is 85.7 Å². The van der Waals surface area contributed by atoms with Crippen molar-refractivity contribution in [1.29, 1.82) is 0 Å². The Morgan fingerprint density at radius 3 is 2.62 bits per heavy atom. The quantitative estimate of drug-likeness (QED) is 0.666. The number of hydrogen-bond donors (Lipinski definition) is 1. The summed E-state index contributed by atoms with van der Waals surface area (Å²) in [4.78, 5) is 31.9. The van der Waals surface area contributed by atoms with E-state index in [0.717, 1.165) is 11.0 Å². The molecule has 0 spiro atoms. The van der Waals surface area contributed by atoms with Gasteiger partial charge >= 0.3 is 0 Å². The molecule has 0 fully saturated rings. The van der Waals surface area contributed by atoms with Crippen LogP contribution in [0.25, 0.3) is 11.0 Å². The molecule has 150 valence electrons. The van der Waals surface area contributed by atoms with E-state index in [1.165, 1.54) is 0 Å². The highest BCUT2D eigenvalue weighted by atomic mass is 16.5. The van der Waals surface area contributed by atoms with Crippen molar-refractivity contribution >= 4 is 34.5 Å². The first-order chi connectivity index (χ1) is 14.1. The number of nitrogens with one attached hydrogen (secondary N) is 1. The molecule has 0 radical (unpaired) electrons. The van der Waals surface area contributed by atoms with Gasteiger partial charge in [-0.2, -0.15) is 0 Å². The maximum absolute atomic E-state index is 13.1. The SMILES string of the molecule is COCCN1C(=O)[C@H](CC(=O)Nc2ccc(OC)cc2)n2c1nc1ccccc12. The highest BCUT2D eigenvalue weighted by Gasteiger charge is 2.40. The normalized spacial score (nSPS) is 15.6. The van der Waals surface area contributed by atoms with Crippen LogP contribution in [-0.2, 0) is 14.3 Å². The lowest BCUT2D eigenvalue weighted by Gasteiger charge is -2.15. The molecular formula is C21H22N4O4. The van der Waals surface area contributed by atoms with Crippen LogP contribution < -0.4 is 15.0 Å². The van der Waals surface area contributed by atoms with Gasteiger partial charge in [-0.1, -0.05) is 12.1 Å². The van der Waals surface area contributed by atoms with Crippen LogP contribution in [0.5, 0.6) is 5.75 Å². The molecular weight excluding hydrogens is 372 g/mol. The van der Waals surface area contributed by atoms with Gasteiger partial charge in [0.1, 0.15) is 11.8 Å². The van der Waals surface area contributed by atoms with E-state index in [1.54, 1.807) is 43.4 Å². The summed E-state index contributed by atoms with van der Waals surface area (Å²) in [7, 11) is 3.17. The van der Waals surface area contributed by atoms with E-state index in [4.69, 9.17) is 9.47 Å². The number of anilines is 2. The lowest BCUT2D eigenvalue weighted by atomic mass is 10.1. The number of rotatable bonds is 7. The van der Waals surface area contributed by atoms with Gasteiger partial charge in [0, 0.05) is 12.8 Å². The second kappa shape index (κ2) is 7.92.